The summed E-state index contributed by atoms with van der Waals surface area (Å²) in [5, 5.41) is 0.0714. The fourth-order valence-corrected chi connectivity index (χ4v) is 1.94. The standard InChI is InChI=1S/C13H17ClF3N.ClH/c1-8(2)3-6-12(18)10-5-4-9(14)7-11(10)13(15,16)17;/h4-5,7-8,12H,3,6,18H2,1-2H3;1H/t12-;/m1./s1. The summed E-state index contributed by atoms with van der Waals surface area (Å²) in [6, 6.07) is 3.14. The molecule has 0 aliphatic heterocycles. The molecule has 0 radical (unpaired) electrons. The molecule has 0 aliphatic carbocycles. The number of benzene rings is 1. The first-order valence-electron chi connectivity index (χ1n) is 5.84. The van der Waals surface area contributed by atoms with E-state index in [0.29, 0.717) is 12.3 Å². The third-order valence-corrected chi connectivity index (χ3v) is 3.01. The fraction of sp³-hybridized carbons (Fsp3) is 0.538. The molecule has 110 valence electrons. The highest BCUT2D eigenvalue weighted by atomic mass is 35.5. The maximum absolute atomic E-state index is 12.9. The van der Waals surface area contributed by atoms with Crippen LogP contribution in [0.1, 0.15) is 43.9 Å². The number of alkyl halides is 3. The van der Waals surface area contributed by atoms with E-state index in [4.69, 9.17) is 17.3 Å². The van der Waals surface area contributed by atoms with Crippen LogP contribution in [-0.4, -0.2) is 0 Å². The SMILES string of the molecule is CC(C)CC[C@@H](N)c1ccc(Cl)cc1C(F)(F)F.Cl. The second-order valence-corrected chi connectivity index (χ2v) is 5.24. The Bertz CT molecular complexity index is 405. The summed E-state index contributed by atoms with van der Waals surface area (Å²) in [4.78, 5) is 0. The second-order valence-electron chi connectivity index (χ2n) is 4.81. The van der Waals surface area contributed by atoms with Gasteiger partial charge in [-0.25, -0.2) is 0 Å². The fourth-order valence-electron chi connectivity index (χ4n) is 1.77. The summed E-state index contributed by atoms with van der Waals surface area (Å²) >= 11 is 5.61. The molecule has 0 bridgehead atoms. The third-order valence-electron chi connectivity index (χ3n) is 2.78. The van der Waals surface area contributed by atoms with E-state index >= 15 is 0 Å². The van der Waals surface area contributed by atoms with Crippen molar-refractivity contribution in [2.24, 2.45) is 11.7 Å². The number of nitrogens with two attached hydrogens (primary N) is 1. The van der Waals surface area contributed by atoms with Crippen LogP contribution < -0.4 is 5.73 Å². The van der Waals surface area contributed by atoms with E-state index in [1.807, 2.05) is 13.8 Å². The van der Waals surface area contributed by atoms with E-state index in [9.17, 15) is 13.2 Å². The molecule has 0 saturated carbocycles. The molecule has 0 saturated heterocycles. The molecule has 0 spiro atoms. The first-order valence-corrected chi connectivity index (χ1v) is 6.22. The van der Waals surface area contributed by atoms with Crippen molar-refractivity contribution in [3.05, 3.63) is 34.3 Å². The molecule has 0 aromatic heterocycles. The second kappa shape index (κ2) is 7.36. The highest BCUT2D eigenvalue weighted by molar-refractivity contribution is 6.30. The lowest BCUT2D eigenvalue weighted by Crippen LogP contribution is -2.18. The topological polar surface area (TPSA) is 26.0 Å². The Morgan fingerprint density at radius 3 is 2.26 bits per heavy atom. The highest BCUT2D eigenvalue weighted by Crippen LogP contribution is 2.36. The van der Waals surface area contributed by atoms with E-state index in [2.05, 4.69) is 0 Å². The largest absolute Gasteiger partial charge is 0.416 e. The van der Waals surface area contributed by atoms with Crippen molar-refractivity contribution < 1.29 is 13.2 Å². The van der Waals surface area contributed by atoms with Crippen molar-refractivity contribution in [3.8, 4) is 0 Å². The summed E-state index contributed by atoms with van der Waals surface area (Å²) < 4.78 is 38.6. The average Bonchev–Trinajstić information content (AvgIpc) is 2.24. The molecule has 0 unspecified atom stereocenters. The van der Waals surface area contributed by atoms with E-state index < -0.39 is 17.8 Å². The third kappa shape index (κ3) is 5.59. The molecule has 1 aromatic rings. The van der Waals surface area contributed by atoms with Gasteiger partial charge in [-0.15, -0.1) is 12.4 Å². The van der Waals surface area contributed by atoms with Gasteiger partial charge < -0.3 is 5.73 Å². The smallest absolute Gasteiger partial charge is 0.324 e. The van der Waals surface area contributed by atoms with Crippen LogP contribution in [0.25, 0.3) is 0 Å². The minimum Gasteiger partial charge on any atom is -0.324 e. The quantitative estimate of drug-likeness (QED) is 0.810. The van der Waals surface area contributed by atoms with Gasteiger partial charge in [0.15, 0.2) is 0 Å². The molecule has 0 fully saturated rings. The number of hydrogen-bond acceptors (Lipinski definition) is 1. The predicted octanol–water partition coefficient (Wildman–Crippen LogP) is 5.22. The van der Waals surface area contributed by atoms with Crippen LogP contribution in [0.3, 0.4) is 0 Å². The molecular formula is C13H18Cl2F3N. The maximum atomic E-state index is 12.9. The van der Waals surface area contributed by atoms with Crippen LogP contribution >= 0.6 is 24.0 Å². The Balaban J connectivity index is 0.00000324. The van der Waals surface area contributed by atoms with Gasteiger partial charge in [0.25, 0.3) is 0 Å². The van der Waals surface area contributed by atoms with Gasteiger partial charge in [0, 0.05) is 11.1 Å². The average molecular weight is 316 g/mol. The first-order chi connectivity index (χ1) is 8.21. The molecular weight excluding hydrogens is 298 g/mol. The highest BCUT2D eigenvalue weighted by Gasteiger charge is 2.34. The zero-order valence-electron chi connectivity index (χ0n) is 10.8. The van der Waals surface area contributed by atoms with Crippen LogP contribution in [0.4, 0.5) is 13.2 Å². The summed E-state index contributed by atoms with van der Waals surface area (Å²) in [5.74, 6) is 0.415. The zero-order valence-corrected chi connectivity index (χ0v) is 12.4. The van der Waals surface area contributed by atoms with E-state index in [0.717, 1.165) is 12.5 Å². The van der Waals surface area contributed by atoms with Gasteiger partial charge in [-0.05, 0) is 36.5 Å². The Hall–Kier alpha value is -0.450. The summed E-state index contributed by atoms with van der Waals surface area (Å²) in [6.45, 7) is 4.03. The van der Waals surface area contributed by atoms with Gasteiger partial charge in [-0.2, -0.15) is 13.2 Å². The predicted molar refractivity (Wildman–Crippen MR) is 74.7 cm³/mol. The molecule has 2 N–H and O–H groups in total. The van der Waals surface area contributed by atoms with Crippen molar-refractivity contribution in [3.63, 3.8) is 0 Å². The number of rotatable bonds is 4. The van der Waals surface area contributed by atoms with Gasteiger partial charge in [0.2, 0.25) is 0 Å². The van der Waals surface area contributed by atoms with Crippen molar-refractivity contribution in [2.75, 3.05) is 0 Å². The van der Waals surface area contributed by atoms with Crippen molar-refractivity contribution >= 4 is 24.0 Å². The lowest BCUT2D eigenvalue weighted by atomic mass is 9.94. The van der Waals surface area contributed by atoms with Gasteiger partial charge in [0.05, 0.1) is 5.56 Å². The maximum Gasteiger partial charge on any atom is 0.416 e. The Kier molecular flexibility index (Phi) is 7.19. The monoisotopic (exact) mass is 315 g/mol. The lowest BCUT2D eigenvalue weighted by Gasteiger charge is -2.19. The normalized spacial score (nSPS) is 13.3. The number of halogens is 5. The zero-order chi connectivity index (χ0) is 13.9. The molecule has 1 atom stereocenters. The van der Waals surface area contributed by atoms with Crippen LogP contribution in [0, 0.1) is 5.92 Å². The number of hydrogen-bond donors (Lipinski definition) is 1. The lowest BCUT2D eigenvalue weighted by molar-refractivity contribution is -0.138. The molecule has 0 aliphatic rings. The molecule has 0 heterocycles. The Labute approximate surface area is 122 Å². The van der Waals surface area contributed by atoms with Gasteiger partial charge in [0.1, 0.15) is 0 Å². The summed E-state index contributed by atoms with van der Waals surface area (Å²) in [5.41, 5.74) is 5.24. The van der Waals surface area contributed by atoms with Crippen LogP contribution in [-0.2, 0) is 6.18 Å². The Morgan fingerprint density at radius 2 is 1.79 bits per heavy atom. The van der Waals surface area contributed by atoms with E-state index in [-0.39, 0.29) is 23.0 Å². The molecule has 6 heteroatoms. The van der Waals surface area contributed by atoms with Crippen LogP contribution in [0.15, 0.2) is 18.2 Å². The Morgan fingerprint density at radius 1 is 1.21 bits per heavy atom. The van der Waals surface area contributed by atoms with Gasteiger partial charge in [-0.3, -0.25) is 0 Å². The molecule has 0 amide bonds. The minimum absolute atomic E-state index is 0. The van der Waals surface area contributed by atoms with Crippen molar-refractivity contribution in [1.82, 2.24) is 0 Å². The van der Waals surface area contributed by atoms with E-state index in [1.54, 1.807) is 0 Å². The molecule has 1 rings (SSSR count). The first kappa shape index (κ1) is 18.6. The van der Waals surface area contributed by atoms with Crippen LogP contribution in [0.2, 0.25) is 5.02 Å². The van der Waals surface area contributed by atoms with E-state index in [1.165, 1.54) is 12.1 Å². The van der Waals surface area contributed by atoms with Gasteiger partial charge in [-0.1, -0.05) is 31.5 Å². The van der Waals surface area contributed by atoms with Crippen molar-refractivity contribution in [1.29, 1.82) is 0 Å². The minimum atomic E-state index is -4.42. The van der Waals surface area contributed by atoms with Crippen LogP contribution in [0.5, 0.6) is 0 Å². The molecule has 19 heavy (non-hydrogen) atoms. The summed E-state index contributed by atoms with van der Waals surface area (Å²) in [7, 11) is 0. The summed E-state index contributed by atoms with van der Waals surface area (Å²) in [6.07, 6.45) is -3.10. The van der Waals surface area contributed by atoms with Gasteiger partial charge >= 0.3 is 6.18 Å². The van der Waals surface area contributed by atoms with Crippen molar-refractivity contribution in [2.45, 2.75) is 38.9 Å². The molecule has 1 aromatic carbocycles. The molecule has 1 nitrogen and oxygen atoms in total.